The summed E-state index contributed by atoms with van der Waals surface area (Å²) >= 11 is 1.61. The van der Waals surface area contributed by atoms with Crippen molar-refractivity contribution >= 4 is 28.5 Å². The third kappa shape index (κ3) is 7.66. The zero-order valence-corrected chi connectivity index (χ0v) is 19.8. The molecular weight excluding hydrogens is 414 g/mol. The van der Waals surface area contributed by atoms with Gasteiger partial charge in [-0.2, -0.15) is 0 Å². The lowest BCUT2D eigenvalue weighted by molar-refractivity contribution is -0.150. The van der Waals surface area contributed by atoms with Gasteiger partial charge >= 0.3 is 12.1 Å². The predicted octanol–water partition coefficient (Wildman–Crippen LogP) is 5.02. The Kier molecular flexibility index (Phi) is 8.19. The fourth-order valence-corrected chi connectivity index (χ4v) is 5.47. The molecule has 174 valence electrons. The van der Waals surface area contributed by atoms with Gasteiger partial charge in [0.15, 0.2) is 5.13 Å². The Bertz CT molecular complexity index is 729. The number of rotatable bonds is 6. The first-order chi connectivity index (χ1) is 14.7. The topological polar surface area (TPSA) is 104 Å². The zero-order valence-electron chi connectivity index (χ0n) is 19.0. The number of nitrogens with two attached hydrogens (primary N) is 1. The number of esters is 1. The summed E-state index contributed by atoms with van der Waals surface area (Å²) in [6.07, 6.45) is 10.2. The van der Waals surface area contributed by atoms with E-state index < -0.39 is 5.60 Å². The molecule has 0 saturated heterocycles. The Balaban J connectivity index is 1.28. The van der Waals surface area contributed by atoms with Crippen molar-refractivity contribution < 1.29 is 19.1 Å². The van der Waals surface area contributed by atoms with Crippen molar-refractivity contribution in [2.24, 2.45) is 11.8 Å². The van der Waals surface area contributed by atoms with Crippen molar-refractivity contribution in [3.8, 4) is 0 Å². The second kappa shape index (κ2) is 10.7. The summed E-state index contributed by atoms with van der Waals surface area (Å²) in [5.74, 6) is 1.08. The number of carbonyl (C=O) groups excluding carboxylic acids is 2. The van der Waals surface area contributed by atoms with Gasteiger partial charge in [0.1, 0.15) is 5.60 Å². The van der Waals surface area contributed by atoms with Gasteiger partial charge in [-0.1, -0.05) is 0 Å². The number of nitrogen functional groups attached to an aromatic ring is 1. The van der Waals surface area contributed by atoms with E-state index in [0.717, 1.165) is 44.9 Å². The Morgan fingerprint density at radius 2 is 1.81 bits per heavy atom. The van der Waals surface area contributed by atoms with Gasteiger partial charge in [0.25, 0.3) is 0 Å². The maximum Gasteiger partial charge on any atom is 0.407 e. The third-order valence-electron chi connectivity index (χ3n) is 6.34. The highest BCUT2D eigenvalue weighted by atomic mass is 32.1. The lowest BCUT2D eigenvalue weighted by atomic mass is 9.80. The Morgan fingerprint density at radius 3 is 2.39 bits per heavy atom. The number of hydrogen-bond acceptors (Lipinski definition) is 7. The molecule has 2 saturated carbocycles. The molecule has 7 nitrogen and oxygen atoms in total. The molecule has 3 rings (SSSR count). The maximum absolute atomic E-state index is 12.4. The normalized spacial score (nSPS) is 26.8. The molecule has 0 radical (unpaired) electrons. The quantitative estimate of drug-likeness (QED) is 0.589. The summed E-state index contributed by atoms with van der Waals surface area (Å²) in [5.41, 5.74) is 5.25. The second-order valence-electron chi connectivity index (χ2n) is 9.97. The van der Waals surface area contributed by atoms with E-state index in [0.29, 0.717) is 23.6 Å². The van der Waals surface area contributed by atoms with Gasteiger partial charge in [0.2, 0.25) is 0 Å². The van der Waals surface area contributed by atoms with Crippen LogP contribution in [0.4, 0.5) is 9.93 Å². The van der Waals surface area contributed by atoms with Crippen molar-refractivity contribution in [3.05, 3.63) is 11.1 Å². The molecule has 0 spiro atoms. The van der Waals surface area contributed by atoms with Crippen LogP contribution in [0.3, 0.4) is 0 Å². The van der Waals surface area contributed by atoms with Gasteiger partial charge in [-0.05, 0) is 90.4 Å². The predicted molar refractivity (Wildman–Crippen MR) is 122 cm³/mol. The molecule has 2 fully saturated rings. The summed E-state index contributed by atoms with van der Waals surface area (Å²) in [7, 11) is 0. The van der Waals surface area contributed by atoms with Crippen LogP contribution in [0, 0.1) is 11.8 Å². The van der Waals surface area contributed by atoms with Crippen molar-refractivity contribution in [1.82, 2.24) is 10.3 Å². The van der Waals surface area contributed by atoms with E-state index in [4.69, 9.17) is 15.2 Å². The minimum Gasteiger partial charge on any atom is -0.465 e. The zero-order chi connectivity index (χ0) is 22.4. The molecule has 1 aromatic rings. The maximum atomic E-state index is 12.4. The van der Waals surface area contributed by atoms with Gasteiger partial charge in [0, 0.05) is 17.1 Å². The number of hydrogen-bond donors (Lipinski definition) is 2. The van der Waals surface area contributed by atoms with Crippen molar-refractivity contribution in [3.63, 3.8) is 0 Å². The number of aromatic nitrogens is 1. The first-order valence-corrected chi connectivity index (χ1v) is 12.4. The number of amides is 1. The third-order valence-corrected chi connectivity index (χ3v) is 7.33. The average Bonchev–Trinajstić information content (AvgIpc) is 3.14. The largest absolute Gasteiger partial charge is 0.465 e. The number of thiazole rings is 1. The van der Waals surface area contributed by atoms with Crippen molar-refractivity contribution in [2.75, 3.05) is 12.3 Å². The first kappa shape index (κ1) is 23.8. The molecule has 0 atom stereocenters. The molecule has 0 aromatic carbocycles. The fraction of sp³-hybridized carbons (Fsp3) is 0.783. The number of nitrogens with zero attached hydrogens (tertiary/aromatic N) is 1. The van der Waals surface area contributed by atoms with Gasteiger partial charge in [-0.15, -0.1) is 11.3 Å². The number of ether oxygens (including phenoxy) is 2. The van der Waals surface area contributed by atoms with Gasteiger partial charge in [0.05, 0.1) is 12.5 Å². The van der Waals surface area contributed by atoms with Crippen LogP contribution in [0.2, 0.25) is 0 Å². The SMILES string of the molecule is CC(C)(C)OC(=O)NC1CCC(C(=O)OCCC2CCC(c3cnc(N)s3)CC2)CC1. The molecule has 31 heavy (non-hydrogen) atoms. The van der Waals surface area contributed by atoms with E-state index >= 15 is 0 Å². The lowest BCUT2D eigenvalue weighted by Gasteiger charge is -2.29. The number of anilines is 1. The molecule has 2 aliphatic rings. The highest BCUT2D eigenvalue weighted by Gasteiger charge is 2.30. The van der Waals surface area contributed by atoms with E-state index in [1.165, 1.54) is 17.7 Å². The Hall–Kier alpha value is -1.83. The summed E-state index contributed by atoms with van der Waals surface area (Å²) in [5, 5.41) is 3.57. The highest BCUT2D eigenvalue weighted by molar-refractivity contribution is 7.15. The van der Waals surface area contributed by atoms with Crippen molar-refractivity contribution in [1.29, 1.82) is 0 Å². The van der Waals surface area contributed by atoms with Crippen LogP contribution in [0.15, 0.2) is 6.20 Å². The van der Waals surface area contributed by atoms with Gasteiger partial charge in [-0.3, -0.25) is 4.79 Å². The fourth-order valence-electron chi connectivity index (χ4n) is 4.62. The van der Waals surface area contributed by atoms with Crippen LogP contribution in [0.5, 0.6) is 0 Å². The summed E-state index contributed by atoms with van der Waals surface area (Å²) in [6.45, 7) is 6.06. The second-order valence-corrected chi connectivity index (χ2v) is 11.1. The standard InChI is InChI=1S/C23H37N3O4S/c1-23(2,3)30-22(28)26-18-10-8-17(9-11-18)20(27)29-13-12-15-4-6-16(7-5-15)19-14-25-21(24)31-19/h14-18H,4-13H2,1-3H3,(H2,24,25)(H,26,28). The number of alkyl carbamates (subject to hydrolysis) is 1. The molecule has 1 amide bonds. The van der Waals surface area contributed by atoms with E-state index in [1.54, 1.807) is 11.3 Å². The molecule has 3 N–H and O–H groups in total. The number of carbonyl (C=O) groups is 2. The molecule has 0 bridgehead atoms. The van der Waals surface area contributed by atoms with Gasteiger partial charge in [-0.25, -0.2) is 9.78 Å². The van der Waals surface area contributed by atoms with Crippen LogP contribution in [0.1, 0.15) is 89.4 Å². The monoisotopic (exact) mass is 451 g/mol. The molecule has 1 aromatic heterocycles. The Labute approximate surface area is 189 Å². The van der Waals surface area contributed by atoms with Crippen LogP contribution in [0.25, 0.3) is 0 Å². The minimum absolute atomic E-state index is 0.0517. The van der Waals surface area contributed by atoms with Crippen LogP contribution in [-0.4, -0.2) is 35.3 Å². The molecule has 8 heteroatoms. The summed E-state index contributed by atoms with van der Waals surface area (Å²) in [6, 6.07) is 0.0722. The van der Waals surface area contributed by atoms with E-state index in [-0.39, 0.29) is 24.0 Å². The average molecular weight is 452 g/mol. The molecule has 0 aliphatic heterocycles. The lowest BCUT2D eigenvalue weighted by Crippen LogP contribution is -2.41. The summed E-state index contributed by atoms with van der Waals surface area (Å²) < 4.78 is 10.9. The smallest absolute Gasteiger partial charge is 0.407 e. The highest BCUT2D eigenvalue weighted by Crippen LogP contribution is 2.39. The van der Waals surface area contributed by atoms with E-state index in [2.05, 4.69) is 10.3 Å². The van der Waals surface area contributed by atoms with Crippen LogP contribution in [-0.2, 0) is 14.3 Å². The Morgan fingerprint density at radius 1 is 1.13 bits per heavy atom. The summed E-state index contributed by atoms with van der Waals surface area (Å²) in [4.78, 5) is 29.8. The van der Waals surface area contributed by atoms with E-state index in [9.17, 15) is 9.59 Å². The molecule has 2 aliphatic carbocycles. The molecule has 1 heterocycles. The first-order valence-electron chi connectivity index (χ1n) is 11.6. The van der Waals surface area contributed by atoms with Crippen LogP contribution < -0.4 is 11.1 Å². The van der Waals surface area contributed by atoms with Gasteiger partial charge < -0.3 is 20.5 Å². The van der Waals surface area contributed by atoms with Crippen LogP contribution >= 0.6 is 11.3 Å². The minimum atomic E-state index is -0.500. The van der Waals surface area contributed by atoms with E-state index in [1.807, 2.05) is 27.0 Å². The molecular formula is C23H37N3O4S. The molecule has 0 unspecified atom stereocenters. The van der Waals surface area contributed by atoms with Crippen molar-refractivity contribution in [2.45, 2.75) is 96.1 Å². The number of nitrogens with one attached hydrogen (secondary N) is 1.